The van der Waals surface area contributed by atoms with Crippen molar-refractivity contribution in [1.29, 1.82) is 5.26 Å². The van der Waals surface area contributed by atoms with Gasteiger partial charge in [0, 0.05) is 36.5 Å². The lowest BCUT2D eigenvalue weighted by Gasteiger charge is -2.45. The summed E-state index contributed by atoms with van der Waals surface area (Å²) in [4.78, 5) is 16.0. The van der Waals surface area contributed by atoms with Gasteiger partial charge in [-0.05, 0) is 56.3 Å². The van der Waals surface area contributed by atoms with Crippen LogP contribution in [0.4, 0.5) is 33.7 Å². The number of hydrogen-bond acceptors (Lipinski definition) is 3. The molecular weight excluding hydrogens is 400 g/mol. The smallest absolute Gasteiger partial charge is 0.365 e. The molecule has 0 aromatic heterocycles. The SMILES string of the molecule is CC1CN(c2ccc(C#N)c(C(F)(F)F)c2)C(C)CN1C(=O)Nc1ccc(F)cc1. The maximum Gasteiger partial charge on any atom is 0.417 e. The first-order chi connectivity index (χ1) is 14.1. The van der Waals surface area contributed by atoms with Crippen LogP contribution in [0.5, 0.6) is 0 Å². The summed E-state index contributed by atoms with van der Waals surface area (Å²) >= 11 is 0. The van der Waals surface area contributed by atoms with Crippen molar-refractivity contribution in [3.05, 3.63) is 59.4 Å². The van der Waals surface area contributed by atoms with Crippen molar-refractivity contribution in [2.24, 2.45) is 0 Å². The summed E-state index contributed by atoms with van der Waals surface area (Å²) in [5.74, 6) is -0.413. The lowest BCUT2D eigenvalue weighted by Crippen LogP contribution is -2.59. The molecule has 5 nitrogen and oxygen atoms in total. The van der Waals surface area contributed by atoms with Crippen LogP contribution in [0.3, 0.4) is 0 Å². The summed E-state index contributed by atoms with van der Waals surface area (Å²) in [6.45, 7) is 4.23. The number of urea groups is 1. The van der Waals surface area contributed by atoms with E-state index in [1.165, 1.54) is 36.4 Å². The zero-order valence-corrected chi connectivity index (χ0v) is 16.4. The number of halogens is 4. The Kier molecular flexibility index (Phi) is 5.87. The second-order valence-electron chi connectivity index (χ2n) is 7.28. The highest BCUT2D eigenvalue weighted by Gasteiger charge is 2.36. The van der Waals surface area contributed by atoms with Crippen molar-refractivity contribution in [2.45, 2.75) is 32.1 Å². The predicted octanol–water partition coefficient (Wildman–Crippen LogP) is 4.85. The Morgan fingerprint density at radius 2 is 1.77 bits per heavy atom. The Balaban J connectivity index is 1.77. The zero-order valence-electron chi connectivity index (χ0n) is 16.4. The summed E-state index contributed by atoms with van der Waals surface area (Å²) in [7, 11) is 0. The van der Waals surface area contributed by atoms with Gasteiger partial charge in [0.1, 0.15) is 5.82 Å². The average Bonchev–Trinajstić information content (AvgIpc) is 2.70. The maximum atomic E-state index is 13.3. The number of nitrogens with one attached hydrogen (secondary N) is 1. The van der Waals surface area contributed by atoms with Gasteiger partial charge in [-0.15, -0.1) is 0 Å². The molecule has 0 aliphatic carbocycles. The molecule has 1 fully saturated rings. The molecule has 1 aliphatic rings. The number of carbonyl (C=O) groups excluding carboxylic acids is 1. The Morgan fingerprint density at radius 1 is 1.10 bits per heavy atom. The highest BCUT2D eigenvalue weighted by Crippen LogP contribution is 2.35. The predicted molar refractivity (Wildman–Crippen MR) is 105 cm³/mol. The number of piperazine rings is 1. The molecule has 2 unspecified atom stereocenters. The second kappa shape index (κ2) is 8.22. The first kappa shape index (κ1) is 21.4. The second-order valence-corrected chi connectivity index (χ2v) is 7.28. The quantitative estimate of drug-likeness (QED) is 0.707. The van der Waals surface area contributed by atoms with Gasteiger partial charge in [-0.2, -0.15) is 18.4 Å². The summed E-state index contributed by atoms with van der Waals surface area (Å²) in [5, 5.41) is 11.7. The van der Waals surface area contributed by atoms with Crippen LogP contribution in [0, 0.1) is 17.1 Å². The fourth-order valence-corrected chi connectivity index (χ4v) is 3.54. The number of benzene rings is 2. The van der Waals surface area contributed by atoms with Crippen LogP contribution in [-0.4, -0.2) is 36.1 Å². The van der Waals surface area contributed by atoms with Crippen LogP contribution in [0.2, 0.25) is 0 Å². The third-order valence-corrected chi connectivity index (χ3v) is 5.10. The molecule has 2 amide bonds. The maximum absolute atomic E-state index is 13.3. The molecule has 158 valence electrons. The van der Waals surface area contributed by atoms with E-state index in [1.54, 1.807) is 22.8 Å². The number of alkyl halides is 3. The van der Waals surface area contributed by atoms with E-state index in [1.807, 2.05) is 6.92 Å². The van der Waals surface area contributed by atoms with Crippen LogP contribution in [0.25, 0.3) is 0 Å². The van der Waals surface area contributed by atoms with Crippen molar-refractivity contribution in [3.8, 4) is 6.07 Å². The third-order valence-electron chi connectivity index (χ3n) is 5.10. The molecule has 0 saturated carbocycles. The monoisotopic (exact) mass is 420 g/mol. The van der Waals surface area contributed by atoms with E-state index in [2.05, 4.69) is 5.32 Å². The number of carbonyl (C=O) groups is 1. The molecule has 9 heteroatoms. The van der Waals surface area contributed by atoms with Gasteiger partial charge < -0.3 is 15.1 Å². The number of rotatable bonds is 2. The topological polar surface area (TPSA) is 59.4 Å². The van der Waals surface area contributed by atoms with Crippen LogP contribution in [0.1, 0.15) is 25.0 Å². The van der Waals surface area contributed by atoms with Gasteiger partial charge in [-0.3, -0.25) is 0 Å². The molecule has 1 N–H and O–H groups in total. The van der Waals surface area contributed by atoms with Crippen molar-refractivity contribution in [2.75, 3.05) is 23.3 Å². The molecule has 1 saturated heterocycles. The van der Waals surface area contributed by atoms with E-state index in [0.717, 1.165) is 6.07 Å². The van der Waals surface area contributed by atoms with Crippen LogP contribution in [0.15, 0.2) is 42.5 Å². The first-order valence-electron chi connectivity index (χ1n) is 9.31. The van der Waals surface area contributed by atoms with Gasteiger partial charge in [-0.1, -0.05) is 0 Å². The first-order valence-corrected chi connectivity index (χ1v) is 9.31. The Labute approximate surface area is 171 Å². The van der Waals surface area contributed by atoms with E-state index in [4.69, 9.17) is 5.26 Å². The number of hydrogen-bond donors (Lipinski definition) is 1. The van der Waals surface area contributed by atoms with Gasteiger partial charge in [0.05, 0.1) is 17.2 Å². The van der Waals surface area contributed by atoms with Crippen LogP contribution >= 0.6 is 0 Å². The highest BCUT2D eigenvalue weighted by atomic mass is 19.4. The van der Waals surface area contributed by atoms with E-state index in [0.29, 0.717) is 17.9 Å². The van der Waals surface area contributed by atoms with Crippen molar-refractivity contribution >= 4 is 17.4 Å². The van der Waals surface area contributed by atoms with Gasteiger partial charge >= 0.3 is 12.2 Å². The minimum atomic E-state index is -4.63. The fraction of sp³-hybridized carbons (Fsp3) is 0.333. The van der Waals surface area contributed by atoms with Gasteiger partial charge in [-0.25, -0.2) is 9.18 Å². The molecule has 0 spiro atoms. The lowest BCUT2D eigenvalue weighted by molar-refractivity contribution is -0.137. The molecule has 2 aromatic rings. The zero-order chi connectivity index (χ0) is 22.1. The van der Waals surface area contributed by atoms with Gasteiger partial charge in [0.2, 0.25) is 0 Å². The van der Waals surface area contributed by atoms with Crippen LogP contribution < -0.4 is 10.2 Å². The normalized spacial score (nSPS) is 19.4. The molecule has 1 heterocycles. The van der Waals surface area contributed by atoms with Gasteiger partial charge in [0.15, 0.2) is 0 Å². The molecule has 3 rings (SSSR count). The van der Waals surface area contributed by atoms with Crippen LogP contribution in [-0.2, 0) is 6.18 Å². The van der Waals surface area contributed by atoms with E-state index in [-0.39, 0.29) is 24.7 Å². The minimum Gasteiger partial charge on any atom is -0.365 e. The number of nitriles is 1. The van der Waals surface area contributed by atoms with E-state index >= 15 is 0 Å². The van der Waals surface area contributed by atoms with E-state index < -0.39 is 23.1 Å². The number of amides is 2. The van der Waals surface area contributed by atoms with Crippen molar-refractivity contribution < 1.29 is 22.4 Å². The minimum absolute atomic E-state index is 0.255. The molecule has 0 bridgehead atoms. The molecular formula is C21H20F4N4O. The molecule has 2 aromatic carbocycles. The average molecular weight is 420 g/mol. The molecule has 1 aliphatic heterocycles. The summed E-state index contributed by atoms with van der Waals surface area (Å²) < 4.78 is 52.9. The van der Waals surface area contributed by atoms with Crippen molar-refractivity contribution in [1.82, 2.24) is 4.90 Å². The number of nitrogens with zero attached hydrogens (tertiary/aromatic N) is 3. The van der Waals surface area contributed by atoms with Crippen molar-refractivity contribution in [3.63, 3.8) is 0 Å². The Hall–Kier alpha value is -3.28. The molecule has 0 radical (unpaired) electrons. The molecule has 2 atom stereocenters. The summed E-state index contributed by atoms with van der Waals surface area (Å²) in [6, 6.07) is 9.70. The Bertz CT molecular complexity index is 968. The Morgan fingerprint density at radius 3 is 2.37 bits per heavy atom. The van der Waals surface area contributed by atoms with E-state index in [9.17, 15) is 22.4 Å². The molecule has 30 heavy (non-hydrogen) atoms. The largest absolute Gasteiger partial charge is 0.417 e. The number of anilines is 2. The standard InChI is InChI=1S/C21H20F4N4O/c1-13-12-29(20(30)27-17-6-4-16(22)5-7-17)14(2)11-28(13)18-8-3-15(10-26)19(9-18)21(23,24)25/h3-9,13-14H,11-12H2,1-2H3,(H,27,30). The fourth-order valence-electron chi connectivity index (χ4n) is 3.54. The third kappa shape index (κ3) is 4.48. The summed E-state index contributed by atoms with van der Waals surface area (Å²) in [6.07, 6.45) is -4.63. The lowest BCUT2D eigenvalue weighted by atomic mass is 10.0. The van der Waals surface area contributed by atoms with Gasteiger partial charge in [0.25, 0.3) is 0 Å². The highest BCUT2D eigenvalue weighted by molar-refractivity contribution is 5.89. The summed E-state index contributed by atoms with van der Waals surface area (Å²) in [5.41, 5.74) is -0.604.